The van der Waals surface area contributed by atoms with E-state index < -0.39 is 0 Å². The van der Waals surface area contributed by atoms with Gasteiger partial charge in [0.1, 0.15) is 0 Å². The quantitative estimate of drug-likeness (QED) is 0.796. The first-order valence-corrected chi connectivity index (χ1v) is 6.66. The van der Waals surface area contributed by atoms with Crippen molar-refractivity contribution in [3.05, 3.63) is 57.8 Å². The number of thiophene rings is 1. The van der Waals surface area contributed by atoms with Crippen LogP contribution in [0.4, 0.5) is 0 Å². The lowest BCUT2D eigenvalue weighted by Crippen LogP contribution is -2.25. The predicted molar refractivity (Wildman–Crippen MR) is 68.8 cm³/mol. The maximum absolute atomic E-state index is 6.39. The van der Waals surface area contributed by atoms with Crippen LogP contribution in [0.5, 0.6) is 0 Å². The van der Waals surface area contributed by atoms with Crippen LogP contribution in [0.25, 0.3) is 0 Å². The van der Waals surface area contributed by atoms with E-state index in [2.05, 4.69) is 41.1 Å². The highest BCUT2D eigenvalue weighted by Crippen LogP contribution is 2.39. The Morgan fingerprint density at radius 3 is 2.88 bits per heavy atom. The van der Waals surface area contributed by atoms with E-state index >= 15 is 0 Å². The molecule has 0 fully saturated rings. The lowest BCUT2D eigenvalue weighted by Gasteiger charge is -2.30. The van der Waals surface area contributed by atoms with Crippen molar-refractivity contribution < 1.29 is 0 Å². The van der Waals surface area contributed by atoms with Crippen LogP contribution in [0.3, 0.4) is 0 Å². The summed E-state index contributed by atoms with van der Waals surface area (Å²) in [5, 5.41) is 4.38. The van der Waals surface area contributed by atoms with E-state index in [1.54, 1.807) is 11.3 Å². The molecule has 2 heteroatoms. The molecule has 1 heterocycles. The van der Waals surface area contributed by atoms with Gasteiger partial charge in [-0.15, -0.1) is 0 Å². The second-order valence-corrected chi connectivity index (χ2v) is 5.21. The van der Waals surface area contributed by atoms with Gasteiger partial charge in [0.2, 0.25) is 0 Å². The topological polar surface area (TPSA) is 26.0 Å². The molecule has 1 nitrogen and oxygen atoms in total. The zero-order valence-corrected chi connectivity index (χ0v) is 9.91. The Balaban J connectivity index is 1.98. The number of hydrogen-bond donors (Lipinski definition) is 1. The van der Waals surface area contributed by atoms with Crippen LogP contribution in [0.15, 0.2) is 41.1 Å². The van der Waals surface area contributed by atoms with E-state index in [1.807, 2.05) is 0 Å². The average Bonchev–Trinajstić information content (AvgIpc) is 2.83. The van der Waals surface area contributed by atoms with Gasteiger partial charge in [0, 0.05) is 12.0 Å². The van der Waals surface area contributed by atoms with Crippen LogP contribution in [0.1, 0.15) is 35.1 Å². The zero-order valence-electron chi connectivity index (χ0n) is 9.10. The van der Waals surface area contributed by atoms with Crippen molar-refractivity contribution in [2.24, 2.45) is 5.73 Å². The fourth-order valence-corrected chi connectivity index (χ4v) is 3.38. The first kappa shape index (κ1) is 10.1. The minimum atomic E-state index is 0.166. The first-order valence-electron chi connectivity index (χ1n) is 5.72. The third-order valence-electron chi connectivity index (χ3n) is 3.54. The molecule has 1 aliphatic rings. The van der Waals surface area contributed by atoms with Crippen LogP contribution in [-0.4, -0.2) is 0 Å². The van der Waals surface area contributed by atoms with Gasteiger partial charge in [0.05, 0.1) is 0 Å². The maximum atomic E-state index is 6.39. The van der Waals surface area contributed by atoms with Gasteiger partial charge in [-0.2, -0.15) is 11.3 Å². The summed E-state index contributed by atoms with van der Waals surface area (Å²) in [6.45, 7) is 0. The van der Waals surface area contributed by atoms with Gasteiger partial charge >= 0.3 is 0 Å². The van der Waals surface area contributed by atoms with Crippen molar-refractivity contribution in [3.63, 3.8) is 0 Å². The number of hydrogen-bond acceptors (Lipinski definition) is 2. The fourth-order valence-electron chi connectivity index (χ4n) is 2.65. The number of nitrogens with two attached hydrogens (primary N) is 1. The second kappa shape index (κ2) is 4.04. The van der Waals surface area contributed by atoms with Crippen molar-refractivity contribution in [2.45, 2.75) is 24.8 Å². The Labute approximate surface area is 99.9 Å². The molecule has 0 aliphatic heterocycles. The SMILES string of the molecule is N[C@@H]1c2ccccc2CC[C@H]1c1ccsc1. The van der Waals surface area contributed by atoms with Crippen molar-refractivity contribution in [2.75, 3.05) is 0 Å². The Bertz CT molecular complexity index is 475. The molecule has 2 aromatic rings. The Morgan fingerprint density at radius 2 is 2.06 bits per heavy atom. The molecule has 82 valence electrons. The summed E-state index contributed by atoms with van der Waals surface area (Å²) in [5.74, 6) is 0.501. The molecule has 0 unspecified atom stereocenters. The highest BCUT2D eigenvalue weighted by molar-refractivity contribution is 7.07. The van der Waals surface area contributed by atoms with E-state index in [4.69, 9.17) is 5.73 Å². The molecule has 0 radical (unpaired) electrons. The molecule has 1 aromatic carbocycles. The number of aryl methyl sites for hydroxylation is 1. The normalized spacial score (nSPS) is 24.1. The van der Waals surface area contributed by atoms with Crippen LogP contribution in [0, 0.1) is 0 Å². The molecular formula is C14H15NS. The van der Waals surface area contributed by atoms with Crippen molar-refractivity contribution in [1.82, 2.24) is 0 Å². The highest BCUT2D eigenvalue weighted by atomic mass is 32.1. The van der Waals surface area contributed by atoms with Crippen LogP contribution in [0.2, 0.25) is 0 Å². The maximum Gasteiger partial charge on any atom is 0.0367 e. The number of rotatable bonds is 1. The fraction of sp³-hybridized carbons (Fsp3) is 0.286. The summed E-state index contributed by atoms with van der Waals surface area (Å²) in [6.07, 6.45) is 2.33. The summed E-state index contributed by atoms with van der Waals surface area (Å²) < 4.78 is 0. The van der Waals surface area contributed by atoms with E-state index in [9.17, 15) is 0 Å². The summed E-state index contributed by atoms with van der Waals surface area (Å²) in [4.78, 5) is 0. The molecule has 0 saturated heterocycles. The highest BCUT2D eigenvalue weighted by Gasteiger charge is 2.27. The Morgan fingerprint density at radius 1 is 1.19 bits per heavy atom. The van der Waals surface area contributed by atoms with Crippen molar-refractivity contribution in [1.29, 1.82) is 0 Å². The van der Waals surface area contributed by atoms with Gasteiger partial charge < -0.3 is 5.73 Å². The van der Waals surface area contributed by atoms with Gasteiger partial charge in [0.25, 0.3) is 0 Å². The monoisotopic (exact) mass is 229 g/mol. The van der Waals surface area contributed by atoms with Crippen LogP contribution in [-0.2, 0) is 6.42 Å². The van der Waals surface area contributed by atoms with Gasteiger partial charge in [-0.25, -0.2) is 0 Å². The summed E-state index contributed by atoms with van der Waals surface area (Å²) in [7, 11) is 0. The van der Waals surface area contributed by atoms with Crippen LogP contribution >= 0.6 is 11.3 Å². The molecule has 3 rings (SSSR count). The van der Waals surface area contributed by atoms with Gasteiger partial charge in [-0.3, -0.25) is 0 Å². The largest absolute Gasteiger partial charge is 0.323 e. The van der Waals surface area contributed by atoms with E-state index in [0.717, 1.165) is 6.42 Å². The molecule has 1 aromatic heterocycles. The van der Waals surface area contributed by atoms with E-state index in [0.29, 0.717) is 5.92 Å². The average molecular weight is 229 g/mol. The minimum absolute atomic E-state index is 0.166. The molecule has 2 N–H and O–H groups in total. The lowest BCUT2D eigenvalue weighted by atomic mass is 9.77. The van der Waals surface area contributed by atoms with Crippen molar-refractivity contribution in [3.8, 4) is 0 Å². The smallest absolute Gasteiger partial charge is 0.0367 e. The number of benzene rings is 1. The third kappa shape index (κ3) is 1.58. The van der Waals surface area contributed by atoms with E-state index in [-0.39, 0.29) is 6.04 Å². The van der Waals surface area contributed by atoms with Gasteiger partial charge in [-0.05, 0) is 46.4 Å². The summed E-state index contributed by atoms with van der Waals surface area (Å²) >= 11 is 1.76. The van der Waals surface area contributed by atoms with E-state index in [1.165, 1.54) is 23.1 Å². The van der Waals surface area contributed by atoms with Gasteiger partial charge in [-0.1, -0.05) is 24.3 Å². The lowest BCUT2D eigenvalue weighted by molar-refractivity contribution is 0.487. The molecule has 0 bridgehead atoms. The molecule has 0 amide bonds. The molecule has 0 saturated carbocycles. The molecular weight excluding hydrogens is 214 g/mol. The second-order valence-electron chi connectivity index (χ2n) is 4.43. The van der Waals surface area contributed by atoms with Gasteiger partial charge in [0.15, 0.2) is 0 Å². The van der Waals surface area contributed by atoms with Crippen molar-refractivity contribution >= 4 is 11.3 Å². The Kier molecular flexibility index (Phi) is 2.54. The molecule has 16 heavy (non-hydrogen) atoms. The zero-order chi connectivity index (χ0) is 11.0. The van der Waals surface area contributed by atoms with Crippen LogP contribution < -0.4 is 5.73 Å². The molecule has 2 atom stereocenters. The third-order valence-corrected chi connectivity index (χ3v) is 4.25. The predicted octanol–water partition coefficient (Wildman–Crippen LogP) is 3.48. The summed E-state index contributed by atoms with van der Waals surface area (Å²) in [5.41, 5.74) is 10.6. The molecule has 0 spiro atoms. The number of fused-ring (bicyclic) bond motifs is 1. The summed E-state index contributed by atoms with van der Waals surface area (Å²) in [6, 6.07) is 11.0. The first-order chi connectivity index (χ1) is 7.86. The Hall–Kier alpha value is -1.12. The standard InChI is InChI=1S/C14H15NS/c15-14-12-4-2-1-3-10(12)5-6-13(14)11-7-8-16-9-11/h1-4,7-9,13-14H,5-6,15H2/t13-,14+/m0/s1. The minimum Gasteiger partial charge on any atom is -0.323 e. The molecule has 1 aliphatic carbocycles.